The molecule has 0 aromatic heterocycles. The molecule has 2 amide bonds. The molecule has 2 aromatic carbocycles. The lowest BCUT2D eigenvalue weighted by Gasteiger charge is -2.24. The number of nitrogens with zero attached hydrogens (tertiary/aromatic N) is 1. The minimum Gasteiger partial charge on any atom is -0.335 e. The van der Waals surface area contributed by atoms with Crippen molar-refractivity contribution in [3.05, 3.63) is 58.7 Å². The van der Waals surface area contributed by atoms with Crippen LogP contribution in [0.2, 0.25) is 0 Å². The van der Waals surface area contributed by atoms with Crippen LogP contribution in [-0.2, 0) is 19.6 Å². The van der Waals surface area contributed by atoms with Gasteiger partial charge >= 0.3 is 0 Å². The van der Waals surface area contributed by atoms with Crippen molar-refractivity contribution in [3.63, 3.8) is 0 Å². The fourth-order valence-electron chi connectivity index (χ4n) is 3.56. The largest absolute Gasteiger partial charge is 0.335 e. The van der Waals surface area contributed by atoms with Crippen molar-refractivity contribution in [2.45, 2.75) is 45.1 Å². The van der Waals surface area contributed by atoms with E-state index in [0.29, 0.717) is 12.2 Å². The molecular formula is C24H33N3O4S2. The van der Waals surface area contributed by atoms with Crippen LogP contribution in [0.15, 0.2) is 41.3 Å². The van der Waals surface area contributed by atoms with Crippen molar-refractivity contribution >= 4 is 39.3 Å². The number of anilines is 1. The zero-order chi connectivity index (χ0) is 24.8. The molecule has 2 N–H and O–H groups in total. The summed E-state index contributed by atoms with van der Waals surface area (Å²) in [6.45, 7) is 7.51. The Labute approximate surface area is 201 Å². The molecule has 33 heavy (non-hydrogen) atoms. The second-order valence-electron chi connectivity index (χ2n) is 8.28. The molecule has 0 aliphatic carbocycles. The van der Waals surface area contributed by atoms with Crippen molar-refractivity contribution in [3.8, 4) is 0 Å². The Morgan fingerprint density at radius 3 is 2.12 bits per heavy atom. The first-order valence-electron chi connectivity index (χ1n) is 10.6. The minimum absolute atomic E-state index is 0.0979. The first-order chi connectivity index (χ1) is 15.4. The topological polar surface area (TPSA) is 95.6 Å². The van der Waals surface area contributed by atoms with E-state index in [4.69, 9.17) is 0 Å². The number of nitrogens with one attached hydrogen (secondary N) is 2. The molecule has 2 rings (SSSR count). The van der Waals surface area contributed by atoms with Gasteiger partial charge in [0.15, 0.2) is 0 Å². The van der Waals surface area contributed by atoms with Crippen LogP contribution in [0.5, 0.6) is 0 Å². The molecule has 0 radical (unpaired) electrons. The van der Waals surface area contributed by atoms with E-state index in [9.17, 15) is 18.0 Å². The van der Waals surface area contributed by atoms with E-state index < -0.39 is 22.0 Å². The number of thioether (sulfide) groups is 1. The predicted octanol–water partition coefficient (Wildman–Crippen LogP) is 3.42. The molecule has 9 heteroatoms. The number of hydrogen-bond acceptors (Lipinski definition) is 5. The van der Waals surface area contributed by atoms with Gasteiger partial charge in [-0.1, -0.05) is 35.4 Å². The van der Waals surface area contributed by atoms with E-state index in [1.165, 1.54) is 35.8 Å². The van der Waals surface area contributed by atoms with Gasteiger partial charge in [-0.3, -0.25) is 9.59 Å². The van der Waals surface area contributed by atoms with Crippen LogP contribution in [0.4, 0.5) is 5.69 Å². The molecule has 180 valence electrons. The summed E-state index contributed by atoms with van der Waals surface area (Å²) in [6, 6.07) is 9.43. The standard InChI is InChI=1S/C24H33N3O4S2/c1-16-7-9-20(10-8-16)33(30,31)26-21(11-12-32-6)24(29)27(5)15-22(28)25-23-18(3)13-17(2)14-19(23)4/h7-10,13-14,21,26H,11-12,15H2,1-6H3,(H,25,28). The molecule has 7 nitrogen and oxygen atoms in total. The van der Waals surface area contributed by atoms with Crippen LogP contribution in [-0.4, -0.2) is 56.8 Å². The van der Waals surface area contributed by atoms with E-state index in [-0.39, 0.29) is 17.3 Å². The maximum Gasteiger partial charge on any atom is 0.243 e. The predicted molar refractivity (Wildman–Crippen MR) is 135 cm³/mol. The van der Waals surface area contributed by atoms with Gasteiger partial charge in [-0.25, -0.2) is 8.42 Å². The first kappa shape index (κ1) is 26.9. The van der Waals surface area contributed by atoms with Gasteiger partial charge in [0.2, 0.25) is 21.8 Å². The Bertz CT molecular complexity index is 1080. The monoisotopic (exact) mass is 491 g/mol. The molecule has 2 aromatic rings. The lowest BCUT2D eigenvalue weighted by Crippen LogP contribution is -2.49. The molecule has 0 saturated carbocycles. The fraction of sp³-hybridized carbons (Fsp3) is 0.417. The maximum atomic E-state index is 13.1. The van der Waals surface area contributed by atoms with E-state index >= 15 is 0 Å². The summed E-state index contributed by atoms with van der Waals surface area (Å²) in [5.74, 6) is -0.201. The van der Waals surface area contributed by atoms with Crippen molar-refractivity contribution in [1.82, 2.24) is 9.62 Å². The smallest absolute Gasteiger partial charge is 0.243 e. The van der Waals surface area contributed by atoms with Crippen molar-refractivity contribution in [1.29, 1.82) is 0 Å². The number of rotatable bonds is 10. The fourth-order valence-corrected chi connectivity index (χ4v) is 5.25. The number of likely N-dealkylation sites (N-methyl/N-ethyl adjacent to an activating group) is 1. The number of amides is 2. The zero-order valence-electron chi connectivity index (χ0n) is 20.1. The molecule has 0 aliphatic heterocycles. The van der Waals surface area contributed by atoms with Crippen LogP contribution < -0.4 is 10.0 Å². The highest BCUT2D eigenvalue weighted by molar-refractivity contribution is 7.98. The quantitative estimate of drug-likeness (QED) is 0.531. The lowest BCUT2D eigenvalue weighted by molar-refractivity contribution is -0.134. The normalized spacial score (nSPS) is 12.3. The Kier molecular flexibility index (Phi) is 9.51. The second-order valence-corrected chi connectivity index (χ2v) is 11.0. The summed E-state index contributed by atoms with van der Waals surface area (Å²) in [5, 5.41) is 2.88. The van der Waals surface area contributed by atoms with Gasteiger partial charge in [-0.2, -0.15) is 16.5 Å². The third-order valence-electron chi connectivity index (χ3n) is 5.24. The molecule has 1 atom stereocenters. The number of hydrogen-bond donors (Lipinski definition) is 2. The third kappa shape index (κ3) is 7.58. The van der Waals surface area contributed by atoms with E-state index in [1.54, 1.807) is 12.1 Å². The van der Waals surface area contributed by atoms with Crippen molar-refractivity contribution < 1.29 is 18.0 Å². The molecule has 0 fully saturated rings. The Hall–Kier alpha value is -2.36. The number of carbonyl (C=O) groups is 2. The van der Waals surface area contributed by atoms with Crippen LogP contribution in [0.25, 0.3) is 0 Å². The second kappa shape index (κ2) is 11.7. The third-order valence-corrected chi connectivity index (χ3v) is 7.37. The summed E-state index contributed by atoms with van der Waals surface area (Å²) in [6.07, 6.45) is 2.20. The minimum atomic E-state index is -3.88. The molecule has 0 heterocycles. The van der Waals surface area contributed by atoms with Gasteiger partial charge < -0.3 is 10.2 Å². The summed E-state index contributed by atoms with van der Waals surface area (Å²) in [4.78, 5) is 27.1. The van der Waals surface area contributed by atoms with Crippen LogP contribution >= 0.6 is 11.8 Å². The highest BCUT2D eigenvalue weighted by Gasteiger charge is 2.28. The van der Waals surface area contributed by atoms with Crippen LogP contribution in [0.1, 0.15) is 28.7 Å². The molecule has 1 unspecified atom stereocenters. The van der Waals surface area contributed by atoms with Crippen molar-refractivity contribution in [2.24, 2.45) is 0 Å². The Balaban J connectivity index is 2.12. The molecule has 0 spiro atoms. The van der Waals surface area contributed by atoms with Gasteiger partial charge in [-0.15, -0.1) is 0 Å². The average molecular weight is 492 g/mol. The Morgan fingerprint density at radius 2 is 1.58 bits per heavy atom. The summed E-state index contributed by atoms with van der Waals surface area (Å²) in [5.41, 5.74) is 4.66. The van der Waals surface area contributed by atoms with Crippen LogP contribution in [0.3, 0.4) is 0 Å². The van der Waals surface area contributed by atoms with Gasteiger partial charge in [-0.05, 0) is 69.4 Å². The van der Waals surface area contributed by atoms with E-state index in [2.05, 4.69) is 10.0 Å². The molecular weight excluding hydrogens is 458 g/mol. The molecule has 0 aliphatic rings. The summed E-state index contributed by atoms with van der Waals surface area (Å²) in [7, 11) is -2.38. The van der Waals surface area contributed by atoms with E-state index in [1.807, 2.05) is 46.1 Å². The summed E-state index contributed by atoms with van der Waals surface area (Å²) >= 11 is 1.52. The first-order valence-corrected chi connectivity index (χ1v) is 13.5. The zero-order valence-corrected chi connectivity index (χ0v) is 21.7. The van der Waals surface area contributed by atoms with Crippen molar-refractivity contribution in [2.75, 3.05) is 30.9 Å². The van der Waals surface area contributed by atoms with Gasteiger partial charge in [0.05, 0.1) is 11.4 Å². The highest BCUT2D eigenvalue weighted by atomic mass is 32.2. The van der Waals surface area contributed by atoms with Gasteiger partial charge in [0.1, 0.15) is 6.04 Å². The number of sulfonamides is 1. The SMILES string of the molecule is CSCCC(NS(=O)(=O)c1ccc(C)cc1)C(=O)N(C)CC(=O)Nc1c(C)cc(C)cc1C. The van der Waals surface area contributed by atoms with Gasteiger partial charge in [0.25, 0.3) is 0 Å². The van der Waals surface area contributed by atoms with Crippen LogP contribution in [0, 0.1) is 27.7 Å². The molecule has 0 bridgehead atoms. The Morgan fingerprint density at radius 1 is 1.00 bits per heavy atom. The van der Waals surface area contributed by atoms with Gasteiger partial charge in [0, 0.05) is 12.7 Å². The summed E-state index contributed by atoms with van der Waals surface area (Å²) < 4.78 is 28.2. The maximum absolute atomic E-state index is 13.1. The number of benzene rings is 2. The number of carbonyl (C=O) groups excluding carboxylic acids is 2. The van der Waals surface area contributed by atoms with E-state index in [0.717, 1.165) is 27.9 Å². The average Bonchev–Trinajstić information content (AvgIpc) is 2.73. The highest BCUT2D eigenvalue weighted by Crippen LogP contribution is 2.22. The number of aryl methyl sites for hydroxylation is 4. The molecule has 0 saturated heterocycles. The lowest BCUT2D eigenvalue weighted by atomic mass is 10.1.